The van der Waals surface area contributed by atoms with E-state index in [0.717, 1.165) is 9.87 Å². The zero-order valence-electron chi connectivity index (χ0n) is 15.1. The standard InChI is InChI=1S/C19H19N4O4S/c1-22(28(26,27)17-5-3-2-4-6-17)16-7-8-18(19(13-16)23(24)25)21-14-15-9-11-20-12-10-15/h2-13,21,24H,14H2,1H3/q-1. The molecule has 0 unspecified atom stereocenters. The number of anilines is 3. The Morgan fingerprint density at radius 2 is 1.75 bits per heavy atom. The normalized spacial score (nSPS) is 11.1. The number of hydrogen-bond acceptors (Lipinski definition) is 7. The molecule has 3 aromatic rings. The molecular weight excluding hydrogens is 380 g/mol. The maximum atomic E-state index is 12.8. The molecule has 0 radical (unpaired) electrons. The van der Waals surface area contributed by atoms with Crippen LogP contribution in [-0.2, 0) is 16.6 Å². The molecule has 9 heteroatoms. The number of nitrogens with zero attached hydrogens (tertiary/aromatic N) is 3. The van der Waals surface area contributed by atoms with Crippen LogP contribution in [0.1, 0.15) is 5.56 Å². The topological polar surface area (TPSA) is 109 Å². The maximum absolute atomic E-state index is 12.8. The summed E-state index contributed by atoms with van der Waals surface area (Å²) >= 11 is 0. The number of hydrogen-bond donors (Lipinski definition) is 2. The minimum Gasteiger partial charge on any atom is -0.733 e. The van der Waals surface area contributed by atoms with Crippen molar-refractivity contribution in [3.63, 3.8) is 0 Å². The van der Waals surface area contributed by atoms with Gasteiger partial charge >= 0.3 is 0 Å². The predicted octanol–water partition coefficient (Wildman–Crippen LogP) is 3.21. The molecular formula is C19H19N4O4S-. The van der Waals surface area contributed by atoms with Crippen LogP contribution in [0.25, 0.3) is 0 Å². The Morgan fingerprint density at radius 3 is 2.39 bits per heavy atom. The lowest BCUT2D eigenvalue weighted by molar-refractivity contribution is 0.297. The molecule has 0 bridgehead atoms. The molecule has 1 heterocycles. The second-order valence-electron chi connectivity index (χ2n) is 5.97. The van der Waals surface area contributed by atoms with Gasteiger partial charge < -0.3 is 15.8 Å². The molecule has 0 fully saturated rings. The van der Waals surface area contributed by atoms with Gasteiger partial charge in [-0.2, -0.15) is 0 Å². The Balaban J connectivity index is 1.88. The van der Waals surface area contributed by atoms with Crippen molar-refractivity contribution in [2.75, 3.05) is 21.9 Å². The van der Waals surface area contributed by atoms with Crippen molar-refractivity contribution in [2.24, 2.45) is 0 Å². The van der Waals surface area contributed by atoms with Gasteiger partial charge in [0.2, 0.25) is 0 Å². The number of benzene rings is 2. The molecule has 2 N–H and O–H groups in total. The number of rotatable bonds is 7. The van der Waals surface area contributed by atoms with Gasteiger partial charge in [-0.05, 0) is 48.0 Å². The monoisotopic (exact) mass is 399 g/mol. The van der Waals surface area contributed by atoms with Crippen molar-refractivity contribution >= 4 is 27.1 Å². The van der Waals surface area contributed by atoms with Crippen LogP contribution in [0, 0.1) is 5.21 Å². The minimum atomic E-state index is -3.80. The smallest absolute Gasteiger partial charge is 0.264 e. The molecule has 2 aromatic carbocycles. The zero-order valence-corrected chi connectivity index (χ0v) is 15.9. The Kier molecular flexibility index (Phi) is 5.78. The van der Waals surface area contributed by atoms with Crippen LogP contribution >= 0.6 is 0 Å². The van der Waals surface area contributed by atoms with Crippen molar-refractivity contribution in [3.05, 3.63) is 83.8 Å². The van der Waals surface area contributed by atoms with E-state index in [1.165, 1.54) is 25.2 Å². The Bertz CT molecular complexity index is 1030. The van der Waals surface area contributed by atoms with E-state index < -0.39 is 10.0 Å². The lowest BCUT2D eigenvalue weighted by Crippen LogP contribution is -2.26. The third kappa shape index (κ3) is 4.22. The molecule has 8 nitrogen and oxygen atoms in total. The molecule has 1 aromatic heterocycles. The molecule has 0 saturated heterocycles. The maximum Gasteiger partial charge on any atom is 0.264 e. The van der Waals surface area contributed by atoms with Crippen molar-refractivity contribution in [1.82, 2.24) is 4.98 Å². The fourth-order valence-electron chi connectivity index (χ4n) is 2.61. The summed E-state index contributed by atoms with van der Waals surface area (Å²) in [6.07, 6.45) is 3.30. The molecule has 3 rings (SSSR count). The van der Waals surface area contributed by atoms with Crippen molar-refractivity contribution in [1.29, 1.82) is 0 Å². The largest absolute Gasteiger partial charge is 0.733 e. The molecule has 0 aliphatic rings. The summed E-state index contributed by atoms with van der Waals surface area (Å²) in [6, 6.07) is 16.0. The van der Waals surface area contributed by atoms with E-state index in [-0.39, 0.29) is 21.5 Å². The summed E-state index contributed by atoms with van der Waals surface area (Å²) in [5.74, 6) is 0. The van der Waals surface area contributed by atoms with Crippen molar-refractivity contribution in [2.45, 2.75) is 11.4 Å². The average Bonchev–Trinajstić information content (AvgIpc) is 2.73. The van der Waals surface area contributed by atoms with Gasteiger partial charge in [-0.15, -0.1) is 0 Å². The molecule has 0 amide bonds. The van der Waals surface area contributed by atoms with Gasteiger partial charge in [-0.1, -0.05) is 18.2 Å². The lowest BCUT2D eigenvalue weighted by atomic mass is 10.2. The first-order valence-corrected chi connectivity index (χ1v) is 9.80. The average molecular weight is 399 g/mol. The van der Waals surface area contributed by atoms with Crippen LogP contribution in [0.4, 0.5) is 17.1 Å². The van der Waals surface area contributed by atoms with Crippen molar-refractivity contribution < 1.29 is 13.6 Å². The summed E-state index contributed by atoms with van der Waals surface area (Å²) in [7, 11) is -2.41. The van der Waals surface area contributed by atoms with Gasteiger partial charge in [0, 0.05) is 26.0 Å². The van der Waals surface area contributed by atoms with Crippen LogP contribution in [0.15, 0.2) is 78.0 Å². The molecule has 146 valence electrons. The molecule has 0 spiro atoms. The van der Waals surface area contributed by atoms with Crippen LogP contribution in [0.2, 0.25) is 0 Å². The highest BCUT2D eigenvalue weighted by Gasteiger charge is 2.21. The molecule has 0 aliphatic heterocycles. The molecule has 0 atom stereocenters. The first kappa shape index (κ1) is 19.6. The third-order valence-electron chi connectivity index (χ3n) is 4.18. The SMILES string of the molecule is CN(c1ccc(NCc2ccncc2)c(N([O-])O)c1)S(=O)(=O)c1ccccc1. The second-order valence-corrected chi connectivity index (χ2v) is 7.94. The second kappa shape index (κ2) is 8.26. The quantitative estimate of drug-likeness (QED) is 0.587. The Morgan fingerprint density at radius 1 is 1.07 bits per heavy atom. The highest BCUT2D eigenvalue weighted by atomic mass is 32.2. The van der Waals surface area contributed by atoms with Crippen LogP contribution in [0.5, 0.6) is 0 Å². The summed E-state index contributed by atoms with van der Waals surface area (Å²) < 4.78 is 26.6. The fraction of sp³-hybridized carbons (Fsp3) is 0.105. The number of nitrogens with one attached hydrogen (secondary N) is 1. The van der Waals surface area contributed by atoms with Gasteiger partial charge in [-0.3, -0.25) is 14.5 Å². The highest BCUT2D eigenvalue weighted by Crippen LogP contribution is 2.32. The first-order valence-electron chi connectivity index (χ1n) is 8.36. The number of pyridine rings is 1. The van der Waals surface area contributed by atoms with Crippen molar-refractivity contribution in [3.8, 4) is 0 Å². The third-order valence-corrected chi connectivity index (χ3v) is 5.98. The van der Waals surface area contributed by atoms with Crippen LogP contribution < -0.4 is 14.8 Å². The van der Waals surface area contributed by atoms with Gasteiger partial charge in [0.25, 0.3) is 10.0 Å². The van der Waals surface area contributed by atoms with Gasteiger partial charge in [0.05, 0.1) is 22.0 Å². The molecule has 0 saturated carbocycles. The Labute approximate surface area is 163 Å². The van der Waals surface area contributed by atoms with E-state index in [1.54, 1.807) is 42.7 Å². The Hall–Kier alpha value is -3.14. The van der Waals surface area contributed by atoms with E-state index in [1.807, 2.05) is 12.1 Å². The van der Waals surface area contributed by atoms with E-state index in [2.05, 4.69) is 10.3 Å². The molecule has 28 heavy (non-hydrogen) atoms. The summed E-state index contributed by atoms with van der Waals surface area (Å²) in [5, 5.41) is 23.9. The van der Waals surface area contributed by atoms with Crippen LogP contribution in [-0.4, -0.2) is 25.7 Å². The van der Waals surface area contributed by atoms with E-state index in [9.17, 15) is 18.8 Å². The van der Waals surface area contributed by atoms with E-state index in [0.29, 0.717) is 12.2 Å². The first-order chi connectivity index (χ1) is 13.4. The molecule has 0 aliphatic carbocycles. The highest BCUT2D eigenvalue weighted by molar-refractivity contribution is 7.92. The minimum absolute atomic E-state index is 0.0957. The lowest BCUT2D eigenvalue weighted by Gasteiger charge is -2.27. The van der Waals surface area contributed by atoms with Gasteiger partial charge in [0.15, 0.2) is 0 Å². The summed E-state index contributed by atoms with van der Waals surface area (Å²) in [6.45, 7) is 0.404. The van der Waals surface area contributed by atoms with Gasteiger partial charge in [-0.25, -0.2) is 8.42 Å². The van der Waals surface area contributed by atoms with Crippen LogP contribution in [0.3, 0.4) is 0 Å². The van der Waals surface area contributed by atoms with E-state index >= 15 is 0 Å². The summed E-state index contributed by atoms with van der Waals surface area (Å²) in [5.41, 5.74) is 1.44. The predicted molar refractivity (Wildman–Crippen MR) is 108 cm³/mol. The van der Waals surface area contributed by atoms with E-state index in [4.69, 9.17) is 0 Å². The number of aromatic nitrogens is 1. The fourth-order valence-corrected chi connectivity index (χ4v) is 3.82. The zero-order chi connectivity index (χ0) is 20.1. The number of sulfonamides is 1. The summed E-state index contributed by atoms with van der Waals surface area (Å²) in [4.78, 5) is 4.06. The van der Waals surface area contributed by atoms with Gasteiger partial charge in [0.1, 0.15) is 0 Å².